The van der Waals surface area contributed by atoms with Crippen LogP contribution in [0, 0.1) is 5.92 Å². The van der Waals surface area contributed by atoms with Gasteiger partial charge in [0.2, 0.25) is 0 Å². The molecule has 1 aliphatic heterocycles. The molecule has 0 aromatic rings. The number of hydrogen-bond acceptors (Lipinski definition) is 3. The number of nitrogens with one attached hydrogen (secondary N) is 1. The Morgan fingerprint density at radius 1 is 1.27 bits per heavy atom. The van der Waals surface area contributed by atoms with Crippen molar-refractivity contribution < 1.29 is 14.1 Å². The van der Waals surface area contributed by atoms with E-state index in [2.05, 4.69) is 5.32 Å². The summed E-state index contributed by atoms with van der Waals surface area (Å²) in [6.07, 6.45) is 4.77. The van der Waals surface area contributed by atoms with E-state index >= 15 is 0 Å². The second kappa shape index (κ2) is 4.61. The fourth-order valence-corrected chi connectivity index (χ4v) is 4.10. The second-order valence-corrected chi connectivity index (χ2v) is 6.03. The van der Waals surface area contributed by atoms with Gasteiger partial charge in [0.25, 0.3) is 0 Å². The number of carbonyl (C=O) groups is 1. The maximum atomic E-state index is 11.6. The number of aliphatic carboxylic acids is 1. The van der Waals surface area contributed by atoms with Crippen LogP contribution in [0.4, 0.5) is 0 Å². The van der Waals surface area contributed by atoms with Crippen molar-refractivity contribution in [1.82, 2.24) is 5.32 Å². The van der Waals surface area contributed by atoms with Crippen LogP contribution < -0.4 is 5.32 Å². The van der Waals surface area contributed by atoms with E-state index in [0.29, 0.717) is 11.7 Å². The molecule has 0 spiro atoms. The first-order valence-corrected chi connectivity index (χ1v) is 6.99. The Labute approximate surface area is 91.9 Å². The minimum atomic E-state index is -0.960. The number of carboxylic acids is 1. The topological polar surface area (TPSA) is 66.4 Å². The summed E-state index contributed by atoms with van der Waals surface area (Å²) < 4.78 is 11.6. The van der Waals surface area contributed by atoms with E-state index in [-0.39, 0.29) is 11.8 Å². The van der Waals surface area contributed by atoms with Crippen LogP contribution in [0.5, 0.6) is 0 Å². The van der Waals surface area contributed by atoms with Crippen molar-refractivity contribution in [3.05, 3.63) is 0 Å². The van der Waals surface area contributed by atoms with Gasteiger partial charge in [0.05, 0.1) is 0 Å². The molecular formula is C10H17NO3S. The maximum Gasteiger partial charge on any atom is 0.321 e. The average Bonchev–Trinajstić information content (AvgIpc) is 2.69. The summed E-state index contributed by atoms with van der Waals surface area (Å²) in [5.74, 6) is 0.564. The van der Waals surface area contributed by atoms with Crippen LogP contribution in [0.3, 0.4) is 0 Å². The predicted molar refractivity (Wildman–Crippen MR) is 58.2 cm³/mol. The molecule has 1 aliphatic carbocycles. The molecule has 2 fully saturated rings. The molecule has 4 nitrogen and oxygen atoms in total. The Kier molecular flexibility index (Phi) is 3.41. The fraction of sp³-hybridized carbons (Fsp3) is 0.900. The van der Waals surface area contributed by atoms with Gasteiger partial charge in [-0.05, 0) is 18.8 Å². The zero-order valence-electron chi connectivity index (χ0n) is 8.65. The van der Waals surface area contributed by atoms with Gasteiger partial charge in [-0.3, -0.25) is 14.3 Å². The lowest BCUT2D eigenvalue weighted by atomic mass is 9.98. The molecule has 0 amide bonds. The Morgan fingerprint density at radius 3 is 2.53 bits per heavy atom. The Balaban J connectivity index is 1.99. The third kappa shape index (κ3) is 2.58. The first kappa shape index (κ1) is 11.1. The molecule has 1 saturated heterocycles. The van der Waals surface area contributed by atoms with Crippen molar-refractivity contribution in [2.24, 2.45) is 5.92 Å². The molecule has 2 N–H and O–H groups in total. The smallest absolute Gasteiger partial charge is 0.321 e. The standard InChI is InChI=1S/C10H17NO3S/c12-10(13)9-6-15(14)5-8(11-9)7-3-1-2-4-7/h7-9,11H,1-6H2,(H,12,13). The van der Waals surface area contributed by atoms with Crippen molar-refractivity contribution in [3.63, 3.8) is 0 Å². The van der Waals surface area contributed by atoms with Crippen LogP contribution >= 0.6 is 0 Å². The van der Waals surface area contributed by atoms with Crippen molar-refractivity contribution in [3.8, 4) is 0 Å². The highest BCUT2D eigenvalue weighted by atomic mass is 32.2. The molecule has 0 aromatic carbocycles. The van der Waals surface area contributed by atoms with Gasteiger partial charge in [-0.25, -0.2) is 0 Å². The third-order valence-electron chi connectivity index (χ3n) is 3.40. The molecule has 1 saturated carbocycles. The van der Waals surface area contributed by atoms with E-state index in [1.807, 2.05) is 0 Å². The molecular weight excluding hydrogens is 214 g/mol. The number of hydrogen-bond donors (Lipinski definition) is 2. The maximum absolute atomic E-state index is 11.6. The molecule has 1 heterocycles. The molecule has 2 aliphatic rings. The van der Waals surface area contributed by atoms with Gasteiger partial charge >= 0.3 is 5.97 Å². The van der Waals surface area contributed by atoms with Crippen LogP contribution in [0.25, 0.3) is 0 Å². The minimum absolute atomic E-state index is 0.156. The third-order valence-corrected chi connectivity index (χ3v) is 4.84. The molecule has 5 heteroatoms. The van der Waals surface area contributed by atoms with Crippen LogP contribution in [0.1, 0.15) is 25.7 Å². The van der Waals surface area contributed by atoms with Crippen LogP contribution in [0.2, 0.25) is 0 Å². The monoisotopic (exact) mass is 231 g/mol. The number of carboxylic acid groups (broad SMARTS) is 1. The van der Waals surface area contributed by atoms with Crippen LogP contribution in [-0.2, 0) is 15.6 Å². The zero-order valence-corrected chi connectivity index (χ0v) is 9.46. The first-order valence-electron chi connectivity index (χ1n) is 5.50. The van der Waals surface area contributed by atoms with Gasteiger partial charge in [0, 0.05) is 28.3 Å². The van der Waals surface area contributed by atoms with Crippen LogP contribution in [-0.4, -0.2) is 38.9 Å². The average molecular weight is 231 g/mol. The molecule has 0 aromatic heterocycles. The molecule has 3 unspecified atom stereocenters. The van der Waals surface area contributed by atoms with Crippen molar-refractivity contribution in [2.45, 2.75) is 37.8 Å². The molecule has 3 atom stereocenters. The SMILES string of the molecule is O=C(O)C1CS(=O)CC(C2CCCC2)N1. The summed E-state index contributed by atoms with van der Waals surface area (Å²) in [6, 6.07) is -0.451. The first-order chi connectivity index (χ1) is 7.16. The Hall–Kier alpha value is -0.420. The van der Waals surface area contributed by atoms with Gasteiger partial charge in [-0.2, -0.15) is 0 Å². The summed E-state index contributed by atoms with van der Waals surface area (Å²) in [6.45, 7) is 0. The lowest BCUT2D eigenvalue weighted by Gasteiger charge is -2.32. The van der Waals surface area contributed by atoms with E-state index in [0.717, 1.165) is 12.8 Å². The van der Waals surface area contributed by atoms with E-state index in [1.165, 1.54) is 12.8 Å². The quantitative estimate of drug-likeness (QED) is 0.719. The highest BCUT2D eigenvalue weighted by molar-refractivity contribution is 7.85. The largest absolute Gasteiger partial charge is 0.480 e. The molecule has 0 bridgehead atoms. The van der Waals surface area contributed by atoms with E-state index in [9.17, 15) is 9.00 Å². The van der Waals surface area contributed by atoms with Gasteiger partial charge in [-0.1, -0.05) is 12.8 Å². The second-order valence-electron chi connectivity index (χ2n) is 4.48. The van der Waals surface area contributed by atoms with Gasteiger partial charge < -0.3 is 5.11 Å². The van der Waals surface area contributed by atoms with Crippen molar-refractivity contribution in [2.75, 3.05) is 11.5 Å². The summed E-state index contributed by atoms with van der Waals surface area (Å²) in [5, 5.41) is 12.1. The van der Waals surface area contributed by atoms with Crippen molar-refractivity contribution in [1.29, 1.82) is 0 Å². The zero-order chi connectivity index (χ0) is 10.8. The Bertz CT molecular complexity index is 276. The minimum Gasteiger partial charge on any atom is -0.480 e. The summed E-state index contributed by atoms with van der Waals surface area (Å²) >= 11 is 0. The van der Waals surface area contributed by atoms with E-state index in [4.69, 9.17) is 5.11 Å². The van der Waals surface area contributed by atoms with E-state index in [1.54, 1.807) is 0 Å². The highest BCUT2D eigenvalue weighted by Crippen LogP contribution is 2.29. The molecule has 15 heavy (non-hydrogen) atoms. The molecule has 2 rings (SSSR count). The summed E-state index contributed by atoms with van der Waals surface area (Å²) in [4.78, 5) is 10.9. The van der Waals surface area contributed by atoms with Gasteiger partial charge in [-0.15, -0.1) is 0 Å². The van der Waals surface area contributed by atoms with Gasteiger partial charge in [0.1, 0.15) is 6.04 Å². The Morgan fingerprint density at radius 2 is 1.93 bits per heavy atom. The van der Waals surface area contributed by atoms with Crippen molar-refractivity contribution >= 4 is 16.8 Å². The van der Waals surface area contributed by atoms with Crippen LogP contribution in [0.15, 0.2) is 0 Å². The molecule has 86 valence electrons. The fourth-order valence-electron chi connectivity index (χ4n) is 2.58. The predicted octanol–water partition coefficient (Wildman–Crippen LogP) is 0.350. The lowest BCUT2D eigenvalue weighted by Crippen LogP contribution is -2.55. The number of rotatable bonds is 2. The highest BCUT2D eigenvalue weighted by Gasteiger charge is 2.35. The lowest BCUT2D eigenvalue weighted by molar-refractivity contribution is -0.139. The molecule has 0 radical (unpaired) electrons. The normalized spacial score (nSPS) is 38.0. The van der Waals surface area contributed by atoms with Gasteiger partial charge in [0.15, 0.2) is 0 Å². The van der Waals surface area contributed by atoms with E-state index < -0.39 is 22.8 Å². The summed E-state index contributed by atoms with van der Waals surface area (Å²) in [7, 11) is -0.960. The summed E-state index contributed by atoms with van der Waals surface area (Å²) in [5.41, 5.74) is 0.